The molecule has 1 saturated carbocycles. The van der Waals surface area contributed by atoms with Crippen LogP contribution in [0.25, 0.3) is 0 Å². The average Bonchev–Trinajstić information content (AvgIpc) is 2.95. The first-order valence-electron chi connectivity index (χ1n) is 8.91. The topological polar surface area (TPSA) is 58.4 Å². The van der Waals surface area contributed by atoms with E-state index in [4.69, 9.17) is 5.73 Å². The van der Waals surface area contributed by atoms with E-state index in [1.807, 2.05) is 0 Å². The Morgan fingerprint density at radius 2 is 2.00 bits per heavy atom. The van der Waals surface area contributed by atoms with Crippen molar-refractivity contribution in [3.05, 3.63) is 0 Å². The van der Waals surface area contributed by atoms with E-state index in [1.54, 1.807) is 0 Å². The molecule has 0 aromatic carbocycles. The Morgan fingerprint density at radius 1 is 1.24 bits per heavy atom. The number of nitrogens with one attached hydrogen (secondary N) is 1. The molecular weight excluding hydrogens is 262 g/mol. The van der Waals surface area contributed by atoms with Crippen molar-refractivity contribution < 1.29 is 4.79 Å². The van der Waals surface area contributed by atoms with Crippen molar-refractivity contribution in [1.82, 2.24) is 10.2 Å². The van der Waals surface area contributed by atoms with Gasteiger partial charge in [-0.2, -0.15) is 0 Å². The number of hydrogen-bond donors (Lipinski definition) is 2. The predicted octanol–water partition coefficient (Wildman–Crippen LogP) is 2.13. The molecule has 0 aromatic rings. The lowest BCUT2D eigenvalue weighted by Crippen LogP contribution is -2.51. The molecule has 2 fully saturated rings. The molecule has 1 aliphatic heterocycles. The first-order chi connectivity index (χ1) is 10.2. The maximum atomic E-state index is 11.2. The van der Waals surface area contributed by atoms with Crippen molar-refractivity contribution in [2.45, 2.75) is 64.3 Å². The number of piperidine rings is 1. The summed E-state index contributed by atoms with van der Waals surface area (Å²) in [6.07, 6.45) is 10.7. The van der Waals surface area contributed by atoms with Crippen molar-refractivity contribution in [1.29, 1.82) is 0 Å². The van der Waals surface area contributed by atoms with E-state index < -0.39 is 0 Å². The van der Waals surface area contributed by atoms with Gasteiger partial charge < -0.3 is 11.1 Å². The lowest BCUT2D eigenvalue weighted by Gasteiger charge is -2.38. The summed E-state index contributed by atoms with van der Waals surface area (Å²) in [6, 6.07) is 0.542. The van der Waals surface area contributed by atoms with E-state index in [2.05, 4.69) is 17.1 Å². The Hall–Kier alpha value is -0.610. The zero-order chi connectivity index (χ0) is 15.1. The number of hydrogen-bond acceptors (Lipinski definition) is 3. The molecule has 2 unspecified atom stereocenters. The lowest BCUT2D eigenvalue weighted by molar-refractivity contribution is -0.119. The zero-order valence-electron chi connectivity index (χ0n) is 13.7. The Kier molecular flexibility index (Phi) is 6.97. The highest BCUT2D eigenvalue weighted by Crippen LogP contribution is 2.25. The summed E-state index contributed by atoms with van der Waals surface area (Å²) >= 11 is 0. The number of carbonyl (C=O) groups excluding carboxylic acids is 1. The monoisotopic (exact) mass is 295 g/mol. The van der Waals surface area contributed by atoms with Gasteiger partial charge >= 0.3 is 0 Å². The number of carbonyl (C=O) groups is 1. The molecule has 1 heterocycles. The van der Waals surface area contributed by atoms with Gasteiger partial charge in [-0.3, -0.25) is 9.69 Å². The number of amides is 1. The third kappa shape index (κ3) is 5.95. The maximum Gasteiger partial charge on any atom is 0.231 e. The summed E-state index contributed by atoms with van der Waals surface area (Å²) in [6.45, 7) is 5.86. The van der Waals surface area contributed by atoms with Crippen LogP contribution in [-0.4, -0.2) is 43.0 Å². The van der Waals surface area contributed by atoms with Crippen LogP contribution in [0.4, 0.5) is 0 Å². The largest absolute Gasteiger partial charge is 0.369 e. The second-order valence-electron chi connectivity index (χ2n) is 7.16. The smallest absolute Gasteiger partial charge is 0.231 e. The van der Waals surface area contributed by atoms with Crippen LogP contribution in [0, 0.1) is 11.8 Å². The van der Waals surface area contributed by atoms with Crippen molar-refractivity contribution in [2.75, 3.05) is 26.2 Å². The third-order valence-corrected chi connectivity index (χ3v) is 5.13. The van der Waals surface area contributed by atoms with Gasteiger partial charge in [-0.05, 0) is 44.1 Å². The number of nitrogens with zero attached hydrogens (tertiary/aromatic N) is 1. The van der Waals surface area contributed by atoms with Gasteiger partial charge in [0.1, 0.15) is 0 Å². The average molecular weight is 295 g/mol. The summed E-state index contributed by atoms with van der Waals surface area (Å²) in [7, 11) is 0. The molecule has 0 spiro atoms. The summed E-state index contributed by atoms with van der Waals surface area (Å²) in [5, 5.41) is 3.78. The fraction of sp³-hybridized carbons (Fsp3) is 0.941. The van der Waals surface area contributed by atoms with Crippen LogP contribution in [0.3, 0.4) is 0 Å². The van der Waals surface area contributed by atoms with Gasteiger partial charge in [0.25, 0.3) is 0 Å². The van der Waals surface area contributed by atoms with Gasteiger partial charge in [-0.15, -0.1) is 0 Å². The highest BCUT2D eigenvalue weighted by Gasteiger charge is 2.28. The second kappa shape index (κ2) is 8.74. The molecule has 0 aromatic heterocycles. The van der Waals surface area contributed by atoms with E-state index >= 15 is 0 Å². The summed E-state index contributed by atoms with van der Waals surface area (Å²) in [5.74, 6) is 1.41. The van der Waals surface area contributed by atoms with Crippen LogP contribution in [0.1, 0.15) is 58.3 Å². The molecule has 2 rings (SSSR count). The molecule has 122 valence electrons. The van der Waals surface area contributed by atoms with Crippen molar-refractivity contribution in [2.24, 2.45) is 17.6 Å². The molecule has 4 heteroatoms. The minimum Gasteiger partial charge on any atom is -0.369 e. The normalized spacial score (nSPS) is 28.0. The second-order valence-corrected chi connectivity index (χ2v) is 7.16. The molecule has 2 atom stereocenters. The van der Waals surface area contributed by atoms with Crippen molar-refractivity contribution >= 4 is 5.91 Å². The highest BCUT2D eigenvalue weighted by molar-refractivity contribution is 5.75. The van der Waals surface area contributed by atoms with E-state index in [1.165, 1.54) is 51.4 Å². The standard InChI is InChI=1S/C17H33N3O/c1-2-3-6-15-9-16(12-20(11-15)13-17(18)21)19-10-14-7-4-5-8-14/h14-16,19H,2-13H2,1H3,(H2,18,21). The summed E-state index contributed by atoms with van der Waals surface area (Å²) in [4.78, 5) is 13.5. The Labute approximate surface area is 129 Å². The SMILES string of the molecule is CCCCC1CC(NCC2CCCC2)CN(CC(N)=O)C1. The first-order valence-corrected chi connectivity index (χ1v) is 8.91. The quantitative estimate of drug-likeness (QED) is 0.721. The Morgan fingerprint density at radius 3 is 2.67 bits per heavy atom. The van der Waals surface area contributed by atoms with Gasteiger partial charge in [0.05, 0.1) is 6.54 Å². The Bertz CT molecular complexity index is 315. The van der Waals surface area contributed by atoms with E-state index in [0.29, 0.717) is 12.6 Å². The van der Waals surface area contributed by atoms with Gasteiger partial charge in [-0.1, -0.05) is 32.6 Å². The molecule has 21 heavy (non-hydrogen) atoms. The van der Waals surface area contributed by atoms with E-state index in [-0.39, 0.29) is 5.91 Å². The van der Waals surface area contributed by atoms with Crippen LogP contribution in [0.2, 0.25) is 0 Å². The minimum absolute atomic E-state index is 0.194. The molecule has 0 radical (unpaired) electrons. The number of unbranched alkanes of at least 4 members (excludes halogenated alkanes) is 1. The fourth-order valence-electron chi connectivity index (χ4n) is 4.05. The molecule has 4 nitrogen and oxygen atoms in total. The molecule has 1 amide bonds. The predicted molar refractivity (Wildman–Crippen MR) is 87.0 cm³/mol. The van der Waals surface area contributed by atoms with Crippen LogP contribution >= 0.6 is 0 Å². The third-order valence-electron chi connectivity index (χ3n) is 5.13. The number of nitrogens with two attached hydrogens (primary N) is 1. The molecule has 0 bridgehead atoms. The molecule has 2 aliphatic rings. The molecular formula is C17H33N3O. The lowest BCUT2D eigenvalue weighted by atomic mass is 9.89. The zero-order valence-corrected chi connectivity index (χ0v) is 13.7. The summed E-state index contributed by atoms with van der Waals surface area (Å²) < 4.78 is 0. The van der Waals surface area contributed by atoms with Crippen LogP contribution in [-0.2, 0) is 4.79 Å². The van der Waals surface area contributed by atoms with Crippen LogP contribution < -0.4 is 11.1 Å². The Balaban J connectivity index is 1.80. The maximum absolute atomic E-state index is 11.2. The fourth-order valence-corrected chi connectivity index (χ4v) is 4.05. The number of rotatable bonds is 8. The van der Waals surface area contributed by atoms with E-state index in [0.717, 1.165) is 31.5 Å². The number of likely N-dealkylation sites (tertiary alicyclic amines) is 1. The molecule has 1 saturated heterocycles. The number of primary amides is 1. The first kappa shape index (κ1) is 16.8. The summed E-state index contributed by atoms with van der Waals surface area (Å²) in [5.41, 5.74) is 5.39. The van der Waals surface area contributed by atoms with Crippen LogP contribution in [0.5, 0.6) is 0 Å². The van der Waals surface area contributed by atoms with Gasteiger partial charge in [0, 0.05) is 19.1 Å². The van der Waals surface area contributed by atoms with Crippen LogP contribution in [0.15, 0.2) is 0 Å². The highest BCUT2D eigenvalue weighted by atomic mass is 16.1. The van der Waals surface area contributed by atoms with Gasteiger partial charge in [-0.25, -0.2) is 0 Å². The minimum atomic E-state index is -0.194. The van der Waals surface area contributed by atoms with E-state index in [9.17, 15) is 4.79 Å². The van der Waals surface area contributed by atoms with Gasteiger partial charge in [0.2, 0.25) is 5.91 Å². The molecule has 3 N–H and O–H groups in total. The van der Waals surface area contributed by atoms with Crippen molar-refractivity contribution in [3.8, 4) is 0 Å². The molecule has 1 aliphatic carbocycles. The van der Waals surface area contributed by atoms with Gasteiger partial charge in [0.15, 0.2) is 0 Å². The van der Waals surface area contributed by atoms with Crippen molar-refractivity contribution in [3.63, 3.8) is 0 Å².